The fourth-order valence-electron chi connectivity index (χ4n) is 3.49. The Morgan fingerprint density at radius 2 is 1.93 bits per heavy atom. The van der Waals surface area contributed by atoms with E-state index in [9.17, 15) is 4.79 Å². The predicted molar refractivity (Wildman–Crippen MR) is 115 cm³/mol. The number of nitrogens with zero attached hydrogens (tertiary/aromatic N) is 2. The Labute approximate surface area is 168 Å². The molecule has 3 aromatic rings. The maximum absolute atomic E-state index is 12.5. The number of carbonyl (C=O) groups is 1. The van der Waals surface area contributed by atoms with E-state index < -0.39 is 0 Å². The summed E-state index contributed by atoms with van der Waals surface area (Å²) in [6.07, 6.45) is 4.17. The van der Waals surface area contributed by atoms with Gasteiger partial charge in [0.05, 0.1) is 15.8 Å². The number of para-hydroxylation sites is 1. The molecule has 1 aliphatic heterocycles. The van der Waals surface area contributed by atoms with Crippen LogP contribution in [0.15, 0.2) is 53.4 Å². The minimum absolute atomic E-state index is 0.0357. The molecular weight excluding hydrogens is 374 g/mol. The molecule has 1 amide bonds. The van der Waals surface area contributed by atoms with Crippen molar-refractivity contribution in [1.82, 2.24) is 10.3 Å². The zero-order valence-corrected chi connectivity index (χ0v) is 17.0. The van der Waals surface area contributed by atoms with Gasteiger partial charge in [0.25, 0.3) is 5.91 Å². The standard InChI is InChI=1S/C21H23N3OS2/c1-26-18-8-4-2-6-16(18)20(25)22-14-15-10-12-24(13-11-15)21-23-17-7-3-5-9-19(17)27-21/h2-9,15H,10-14H2,1H3,(H,22,25). The molecule has 0 saturated carbocycles. The van der Waals surface area contributed by atoms with Crippen LogP contribution >= 0.6 is 23.1 Å². The number of amides is 1. The number of nitrogens with one attached hydrogen (secondary N) is 1. The summed E-state index contributed by atoms with van der Waals surface area (Å²) in [4.78, 5) is 20.7. The number of hydrogen-bond acceptors (Lipinski definition) is 5. The molecule has 140 valence electrons. The van der Waals surface area contributed by atoms with Crippen molar-refractivity contribution in [3.63, 3.8) is 0 Å². The van der Waals surface area contributed by atoms with Crippen LogP contribution < -0.4 is 10.2 Å². The van der Waals surface area contributed by atoms with Gasteiger partial charge in [0, 0.05) is 24.5 Å². The summed E-state index contributed by atoms with van der Waals surface area (Å²) in [5, 5.41) is 4.25. The van der Waals surface area contributed by atoms with Crippen LogP contribution in [-0.4, -0.2) is 36.8 Å². The van der Waals surface area contributed by atoms with Crippen LogP contribution in [0, 0.1) is 5.92 Å². The Kier molecular flexibility index (Phi) is 5.64. The van der Waals surface area contributed by atoms with Gasteiger partial charge in [-0.2, -0.15) is 0 Å². The molecule has 0 aliphatic carbocycles. The monoisotopic (exact) mass is 397 g/mol. The molecule has 0 unspecified atom stereocenters. The number of fused-ring (bicyclic) bond motifs is 1. The van der Waals surface area contributed by atoms with Gasteiger partial charge in [-0.25, -0.2) is 4.98 Å². The third kappa shape index (κ3) is 4.12. The van der Waals surface area contributed by atoms with Crippen LogP contribution in [0.3, 0.4) is 0 Å². The summed E-state index contributed by atoms with van der Waals surface area (Å²) in [5.41, 5.74) is 1.86. The van der Waals surface area contributed by atoms with Crippen LogP contribution in [0.25, 0.3) is 10.2 Å². The Bertz CT molecular complexity index is 899. The first-order valence-corrected chi connectivity index (χ1v) is 11.3. The van der Waals surface area contributed by atoms with Crippen LogP contribution in [0.5, 0.6) is 0 Å². The highest BCUT2D eigenvalue weighted by Gasteiger charge is 2.22. The zero-order valence-electron chi connectivity index (χ0n) is 15.4. The molecule has 0 radical (unpaired) electrons. The Morgan fingerprint density at radius 3 is 2.70 bits per heavy atom. The Balaban J connectivity index is 1.31. The van der Waals surface area contributed by atoms with E-state index in [1.54, 1.807) is 23.1 Å². The van der Waals surface area contributed by atoms with Crippen molar-refractivity contribution >= 4 is 44.4 Å². The van der Waals surface area contributed by atoms with Gasteiger partial charge in [-0.1, -0.05) is 35.6 Å². The molecule has 0 atom stereocenters. The van der Waals surface area contributed by atoms with E-state index in [-0.39, 0.29) is 5.91 Å². The molecule has 0 bridgehead atoms. The van der Waals surface area contributed by atoms with Crippen molar-refractivity contribution in [2.24, 2.45) is 5.92 Å². The van der Waals surface area contributed by atoms with Gasteiger partial charge in [0.15, 0.2) is 5.13 Å². The van der Waals surface area contributed by atoms with Gasteiger partial charge in [-0.05, 0) is 49.3 Å². The molecule has 6 heteroatoms. The SMILES string of the molecule is CSc1ccccc1C(=O)NCC1CCN(c2nc3ccccc3s2)CC1. The molecule has 0 spiro atoms. The molecule has 1 fully saturated rings. The predicted octanol–water partition coefficient (Wildman–Crippen LogP) is 4.66. The highest BCUT2D eigenvalue weighted by atomic mass is 32.2. The minimum atomic E-state index is 0.0357. The lowest BCUT2D eigenvalue weighted by molar-refractivity contribution is 0.0942. The normalized spacial score (nSPS) is 15.2. The first-order valence-electron chi connectivity index (χ1n) is 9.26. The zero-order chi connectivity index (χ0) is 18.6. The fourth-order valence-corrected chi connectivity index (χ4v) is 5.10. The molecule has 2 heterocycles. The van der Waals surface area contributed by atoms with E-state index in [1.165, 1.54) is 4.70 Å². The Morgan fingerprint density at radius 1 is 1.19 bits per heavy atom. The first-order chi connectivity index (χ1) is 13.2. The van der Waals surface area contributed by atoms with E-state index in [4.69, 9.17) is 4.98 Å². The van der Waals surface area contributed by atoms with Crippen molar-refractivity contribution in [2.45, 2.75) is 17.7 Å². The largest absolute Gasteiger partial charge is 0.352 e. The number of aromatic nitrogens is 1. The molecule has 2 aromatic carbocycles. The van der Waals surface area contributed by atoms with Gasteiger partial charge in [-0.3, -0.25) is 4.79 Å². The molecule has 4 rings (SSSR count). The average molecular weight is 398 g/mol. The van der Waals surface area contributed by atoms with Crippen LogP contribution in [-0.2, 0) is 0 Å². The molecule has 1 saturated heterocycles. The molecular formula is C21H23N3OS2. The van der Waals surface area contributed by atoms with E-state index in [0.29, 0.717) is 5.92 Å². The maximum atomic E-state index is 12.5. The number of thiazole rings is 1. The summed E-state index contributed by atoms with van der Waals surface area (Å²) in [5.74, 6) is 0.564. The van der Waals surface area contributed by atoms with Crippen LogP contribution in [0.1, 0.15) is 23.2 Å². The van der Waals surface area contributed by atoms with Gasteiger partial charge < -0.3 is 10.2 Å². The van der Waals surface area contributed by atoms with Gasteiger partial charge in [0.1, 0.15) is 0 Å². The van der Waals surface area contributed by atoms with E-state index >= 15 is 0 Å². The van der Waals surface area contributed by atoms with Gasteiger partial charge in [0.2, 0.25) is 0 Å². The number of benzene rings is 2. The van der Waals surface area contributed by atoms with E-state index in [1.807, 2.05) is 36.6 Å². The second kappa shape index (κ2) is 8.31. The quantitative estimate of drug-likeness (QED) is 0.636. The fraction of sp³-hybridized carbons (Fsp3) is 0.333. The molecule has 1 aliphatic rings. The van der Waals surface area contributed by atoms with E-state index in [0.717, 1.165) is 53.6 Å². The third-order valence-corrected chi connectivity index (χ3v) is 6.96. The second-order valence-corrected chi connectivity index (χ2v) is 8.66. The smallest absolute Gasteiger partial charge is 0.252 e. The highest BCUT2D eigenvalue weighted by molar-refractivity contribution is 7.98. The number of piperidine rings is 1. The first kappa shape index (κ1) is 18.3. The lowest BCUT2D eigenvalue weighted by atomic mass is 9.97. The summed E-state index contributed by atoms with van der Waals surface area (Å²) in [6.45, 7) is 2.75. The van der Waals surface area contributed by atoms with Crippen molar-refractivity contribution in [3.8, 4) is 0 Å². The molecule has 1 aromatic heterocycles. The van der Waals surface area contributed by atoms with E-state index in [2.05, 4.69) is 28.4 Å². The number of rotatable bonds is 5. The summed E-state index contributed by atoms with van der Waals surface area (Å²) >= 11 is 3.38. The number of anilines is 1. The van der Waals surface area contributed by atoms with Crippen LogP contribution in [0.4, 0.5) is 5.13 Å². The highest BCUT2D eigenvalue weighted by Crippen LogP contribution is 2.31. The van der Waals surface area contributed by atoms with Crippen molar-refractivity contribution in [1.29, 1.82) is 0 Å². The Hall–Kier alpha value is -2.05. The molecule has 27 heavy (non-hydrogen) atoms. The summed E-state index contributed by atoms with van der Waals surface area (Å²) in [6, 6.07) is 16.1. The summed E-state index contributed by atoms with van der Waals surface area (Å²) < 4.78 is 1.24. The van der Waals surface area contributed by atoms with Crippen LogP contribution in [0.2, 0.25) is 0 Å². The average Bonchev–Trinajstić information content (AvgIpc) is 3.16. The molecule has 4 nitrogen and oxygen atoms in total. The molecule has 1 N–H and O–H groups in total. The van der Waals surface area contributed by atoms with Gasteiger partial charge in [-0.15, -0.1) is 11.8 Å². The lowest BCUT2D eigenvalue weighted by Crippen LogP contribution is -2.38. The summed E-state index contributed by atoms with van der Waals surface area (Å²) in [7, 11) is 0. The van der Waals surface area contributed by atoms with Crippen molar-refractivity contribution in [2.75, 3.05) is 30.8 Å². The number of hydrogen-bond donors (Lipinski definition) is 1. The number of thioether (sulfide) groups is 1. The minimum Gasteiger partial charge on any atom is -0.352 e. The maximum Gasteiger partial charge on any atom is 0.252 e. The van der Waals surface area contributed by atoms with Crippen molar-refractivity contribution < 1.29 is 4.79 Å². The second-order valence-electron chi connectivity index (χ2n) is 6.80. The topological polar surface area (TPSA) is 45.2 Å². The van der Waals surface area contributed by atoms with Crippen molar-refractivity contribution in [3.05, 3.63) is 54.1 Å². The number of carbonyl (C=O) groups excluding carboxylic acids is 1. The third-order valence-electron chi connectivity index (χ3n) is 5.07. The lowest BCUT2D eigenvalue weighted by Gasteiger charge is -2.31. The van der Waals surface area contributed by atoms with Gasteiger partial charge >= 0.3 is 0 Å².